The van der Waals surface area contributed by atoms with Crippen molar-refractivity contribution < 1.29 is 33.9 Å². The van der Waals surface area contributed by atoms with Crippen molar-refractivity contribution in [3.63, 3.8) is 0 Å². The van der Waals surface area contributed by atoms with Gasteiger partial charge in [0.25, 0.3) is 0 Å². The Morgan fingerprint density at radius 3 is 2.10 bits per heavy atom. The molecule has 13 heteroatoms. The number of nitrogens with one attached hydrogen (secondary N) is 5. The van der Waals surface area contributed by atoms with Crippen LogP contribution >= 0.6 is 0 Å². The molecule has 6 atom stereocenters. The number of para-hydroxylation sites is 1. The molecule has 50 heavy (non-hydrogen) atoms. The zero-order chi connectivity index (χ0) is 36.8. The standard InChI is InChI=1S/C37H50N6O7/c1-5-23(4)33(43-34(47)28(38)18-24-11-7-6-8-12-24)37(50)41-30(15-16-32(45)46)35(48)42-31(36(49)40-26(21-44)17-22(2)3)19-25-20-39-29-14-10-9-13-27(25)29/h6-14,20-23,26,28,30-31,33,39H,5,15-19,38H2,1-4H3,(H,40,49)(H,41,50)(H,42,48)(H,43,47)(H,45,46)/t23-,26-,28-,30-,31-,33-/m0/s1. The summed E-state index contributed by atoms with van der Waals surface area (Å²) < 4.78 is 0. The Morgan fingerprint density at radius 1 is 0.820 bits per heavy atom. The van der Waals surface area contributed by atoms with Crippen molar-refractivity contribution in [2.45, 2.75) is 96.4 Å². The lowest BCUT2D eigenvalue weighted by atomic mass is 9.96. The summed E-state index contributed by atoms with van der Waals surface area (Å²) in [5, 5.41) is 21.0. The van der Waals surface area contributed by atoms with Gasteiger partial charge in [-0.2, -0.15) is 0 Å². The van der Waals surface area contributed by atoms with Crippen molar-refractivity contribution in [1.29, 1.82) is 0 Å². The molecule has 0 aliphatic carbocycles. The van der Waals surface area contributed by atoms with E-state index >= 15 is 0 Å². The molecule has 0 aliphatic heterocycles. The number of nitrogens with two attached hydrogens (primary N) is 1. The lowest BCUT2D eigenvalue weighted by molar-refractivity contribution is -0.138. The lowest BCUT2D eigenvalue weighted by Crippen LogP contribution is -2.59. The van der Waals surface area contributed by atoms with Gasteiger partial charge in [-0.15, -0.1) is 0 Å². The van der Waals surface area contributed by atoms with E-state index < -0.39 is 66.2 Å². The van der Waals surface area contributed by atoms with Gasteiger partial charge in [-0.1, -0.05) is 82.6 Å². The van der Waals surface area contributed by atoms with Gasteiger partial charge in [-0.3, -0.25) is 24.0 Å². The number of carbonyl (C=O) groups excluding carboxylic acids is 5. The molecular formula is C37H50N6O7. The molecule has 2 aromatic carbocycles. The van der Waals surface area contributed by atoms with Crippen LogP contribution in [0.1, 0.15) is 64.5 Å². The predicted octanol–water partition coefficient (Wildman–Crippen LogP) is 2.38. The van der Waals surface area contributed by atoms with E-state index in [4.69, 9.17) is 5.73 Å². The van der Waals surface area contributed by atoms with Crippen molar-refractivity contribution in [3.05, 3.63) is 71.9 Å². The van der Waals surface area contributed by atoms with E-state index in [-0.39, 0.29) is 31.1 Å². The van der Waals surface area contributed by atoms with Crippen LogP contribution in [0, 0.1) is 11.8 Å². The first kappa shape index (κ1) is 39.4. The summed E-state index contributed by atoms with van der Waals surface area (Å²) in [6.07, 6.45) is 2.81. The number of hydrogen-bond donors (Lipinski definition) is 7. The number of hydrogen-bond acceptors (Lipinski definition) is 7. The van der Waals surface area contributed by atoms with Crippen molar-refractivity contribution in [2.24, 2.45) is 17.6 Å². The second-order valence-electron chi connectivity index (χ2n) is 13.2. The summed E-state index contributed by atoms with van der Waals surface area (Å²) in [5.41, 5.74) is 8.58. The van der Waals surface area contributed by atoms with Gasteiger partial charge in [0.15, 0.2) is 0 Å². The Balaban J connectivity index is 1.84. The van der Waals surface area contributed by atoms with Gasteiger partial charge >= 0.3 is 5.97 Å². The van der Waals surface area contributed by atoms with Crippen molar-refractivity contribution >= 4 is 46.8 Å². The molecule has 0 bridgehead atoms. The summed E-state index contributed by atoms with van der Waals surface area (Å²) in [4.78, 5) is 80.8. The topological polar surface area (TPSA) is 213 Å². The average Bonchev–Trinajstić information content (AvgIpc) is 3.50. The maximum atomic E-state index is 13.8. The SMILES string of the molecule is CC[C@H](C)[C@H](NC(=O)[C@@H](N)Cc1ccccc1)C(=O)N[C@@H](CCC(=O)O)C(=O)N[C@@H](Cc1c[nH]c2ccccc12)C(=O)N[C@H](C=O)CC(C)C. The predicted molar refractivity (Wildman–Crippen MR) is 190 cm³/mol. The van der Waals surface area contributed by atoms with E-state index in [2.05, 4.69) is 26.3 Å². The minimum atomic E-state index is -1.36. The molecule has 0 spiro atoms. The molecule has 270 valence electrons. The molecular weight excluding hydrogens is 640 g/mol. The highest BCUT2D eigenvalue weighted by Gasteiger charge is 2.33. The Labute approximate surface area is 292 Å². The van der Waals surface area contributed by atoms with Crippen LogP contribution in [0.3, 0.4) is 0 Å². The zero-order valence-corrected chi connectivity index (χ0v) is 29.1. The van der Waals surface area contributed by atoms with Gasteiger partial charge in [0.05, 0.1) is 12.1 Å². The summed E-state index contributed by atoms with van der Waals surface area (Å²) in [6.45, 7) is 7.43. The average molecular weight is 691 g/mol. The van der Waals surface area contributed by atoms with Gasteiger partial charge in [0.2, 0.25) is 23.6 Å². The number of aliphatic carboxylic acids is 1. The number of H-pyrrole nitrogens is 1. The van der Waals surface area contributed by atoms with Crippen LogP contribution in [0.15, 0.2) is 60.8 Å². The van der Waals surface area contributed by atoms with Crippen molar-refractivity contribution in [1.82, 2.24) is 26.3 Å². The van der Waals surface area contributed by atoms with Crippen LogP contribution in [0.4, 0.5) is 0 Å². The third-order valence-corrected chi connectivity index (χ3v) is 8.66. The number of aromatic nitrogens is 1. The van der Waals surface area contributed by atoms with Crippen LogP contribution in [0.25, 0.3) is 10.9 Å². The van der Waals surface area contributed by atoms with E-state index in [9.17, 15) is 33.9 Å². The van der Waals surface area contributed by atoms with E-state index in [1.165, 1.54) is 0 Å². The van der Waals surface area contributed by atoms with Gasteiger partial charge in [0.1, 0.15) is 24.4 Å². The number of carboxylic acids is 1. The number of aldehydes is 1. The lowest BCUT2D eigenvalue weighted by Gasteiger charge is -2.28. The summed E-state index contributed by atoms with van der Waals surface area (Å²) in [7, 11) is 0. The molecule has 3 aromatic rings. The quantitative estimate of drug-likeness (QED) is 0.0873. The number of benzene rings is 2. The molecule has 0 radical (unpaired) electrons. The summed E-state index contributed by atoms with van der Waals surface area (Å²) in [6, 6.07) is 11.3. The molecule has 1 heterocycles. The Kier molecular flexibility index (Phi) is 15.1. The van der Waals surface area contributed by atoms with Gasteiger partial charge < -0.3 is 41.9 Å². The van der Waals surface area contributed by atoms with Crippen molar-refractivity contribution in [2.75, 3.05) is 0 Å². The van der Waals surface area contributed by atoms with Crippen LogP contribution in [-0.4, -0.2) is 76.2 Å². The molecule has 0 fully saturated rings. The van der Waals surface area contributed by atoms with Gasteiger partial charge in [-0.05, 0) is 48.3 Å². The zero-order valence-electron chi connectivity index (χ0n) is 29.1. The van der Waals surface area contributed by atoms with Crippen molar-refractivity contribution in [3.8, 4) is 0 Å². The fourth-order valence-electron chi connectivity index (χ4n) is 5.66. The van der Waals surface area contributed by atoms with E-state index in [0.717, 1.165) is 22.0 Å². The highest BCUT2D eigenvalue weighted by Crippen LogP contribution is 2.20. The van der Waals surface area contributed by atoms with Crippen LogP contribution in [-0.2, 0) is 41.6 Å². The third-order valence-electron chi connectivity index (χ3n) is 8.66. The second-order valence-corrected chi connectivity index (χ2v) is 13.2. The fourth-order valence-corrected chi connectivity index (χ4v) is 5.66. The molecule has 0 saturated carbocycles. The molecule has 0 unspecified atom stereocenters. The summed E-state index contributed by atoms with van der Waals surface area (Å²) >= 11 is 0. The molecule has 4 amide bonds. The van der Waals surface area contributed by atoms with Crippen LogP contribution in [0.2, 0.25) is 0 Å². The molecule has 1 aromatic heterocycles. The number of aromatic amines is 1. The maximum Gasteiger partial charge on any atom is 0.303 e. The minimum absolute atomic E-state index is 0.0410. The monoisotopic (exact) mass is 690 g/mol. The number of carbonyl (C=O) groups is 6. The number of amides is 4. The first-order chi connectivity index (χ1) is 23.8. The Bertz CT molecular complexity index is 1610. The van der Waals surface area contributed by atoms with Crippen LogP contribution in [0.5, 0.6) is 0 Å². The molecule has 13 nitrogen and oxygen atoms in total. The molecule has 0 aliphatic rings. The second kappa shape index (κ2) is 19.2. The van der Waals surface area contributed by atoms with Gasteiger partial charge in [0, 0.05) is 29.9 Å². The highest BCUT2D eigenvalue weighted by atomic mass is 16.4. The van der Waals surface area contributed by atoms with E-state index in [0.29, 0.717) is 19.1 Å². The van der Waals surface area contributed by atoms with Gasteiger partial charge in [-0.25, -0.2) is 0 Å². The Morgan fingerprint density at radius 2 is 1.46 bits per heavy atom. The number of fused-ring (bicyclic) bond motifs is 1. The van der Waals surface area contributed by atoms with Crippen LogP contribution < -0.4 is 27.0 Å². The number of carboxylic acid groups (broad SMARTS) is 1. The first-order valence-corrected chi connectivity index (χ1v) is 17.1. The maximum absolute atomic E-state index is 13.8. The molecule has 8 N–H and O–H groups in total. The summed E-state index contributed by atoms with van der Waals surface area (Å²) in [5.74, 6) is -4.10. The Hall–Kier alpha value is -5.04. The largest absolute Gasteiger partial charge is 0.481 e. The third kappa shape index (κ3) is 11.8. The normalized spacial score (nSPS) is 14.8. The minimum Gasteiger partial charge on any atom is -0.481 e. The van der Waals surface area contributed by atoms with E-state index in [1.807, 2.05) is 75.4 Å². The smallest absolute Gasteiger partial charge is 0.303 e. The fraction of sp³-hybridized carbons (Fsp3) is 0.459. The highest BCUT2D eigenvalue weighted by molar-refractivity contribution is 5.96. The molecule has 0 saturated heterocycles. The van der Waals surface area contributed by atoms with E-state index in [1.54, 1.807) is 13.1 Å². The molecule has 3 rings (SSSR count). The number of rotatable bonds is 20. The first-order valence-electron chi connectivity index (χ1n) is 17.1.